The molecule has 1 N–H and O–H groups in total. The van der Waals surface area contributed by atoms with Crippen LogP contribution in [0.2, 0.25) is 0 Å². The average molecular weight is 438 g/mol. The Morgan fingerprint density at radius 3 is 2.77 bits per heavy atom. The Morgan fingerprint density at radius 2 is 2.06 bits per heavy atom. The Bertz CT molecular complexity index is 1120. The SMILES string of the molecule is CC(C)NC(=O)c1ccc2c(=O)n(C[C@H]3CCCO3)c(SCc3ccccc3)nc2c1. The van der Waals surface area contributed by atoms with E-state index in [4.69, 9.17) is 9.72 Å². The molecule has 0 saturated carbocycles. The van der Waals surface area contributed by atoms with Crippen LogP contribution in [0.25, 0.3) is 10.9 Å². The zero-order chi connectivity index (χ0) is 21.8. The van der Waals surface area contributed by atoms with Gasteiger partial charge in [-0.05, 0) is 50.5 Å². The molecule has 0 bridgehead atoms. The van der Waals surface area contributed by atoms with Crippen molar-refractivity contribution in [2.45, 2.75) is 56.3 Å². The van der Waals surface area contributed by atoms with Crippen molar-refractivity contribution in [1.82, 2.24) is 14.9 Å². The Labute approximate surface area is 186 Å². The number of fused-ring (bicyclic) bond motifs is 1. The Hall–Kier alpha value is -2.64. The molecule has 0 radical (unpaired) electrons. The summed E-state index contributed by atoms with van der Waals surface area (Å²) in [6, 6.07) is 15.2. The van der Waals surface area contributed by atoms with Crippen LogP contribution in [-0.2, 0) is 17.0 Å². The van der Waals surface area contributed by atoms with Gasteiger partial charge in [-0.15, -0.1) is 0 Å². The van der Waals surface area contributed by atoms with E-state index >= 15 is 0 Å². The largest absolute Gasteiger partial charge is 0.376 e. The molecule has 2 aromatic carbocycles. The Kier molecular flexibility index (Phi) is 6.73. The lowest BCUT2D eigenvalue weighted by Crippen LogP contribution is -2.31. The highest BCUT2D eigenvalue weighted by molar-refractivity contribution is 7.98. The van der Waals surface area contributed by atoms with Crippen molar-refractivity contribution >= 4 is 28.6 Å². The van der Waals surface area contributed by atoms with E-state index < -0.39 is 0 Å². The molecule has 0 spiro atoms. The summed E-state index contributed by atoms with van der Waals surface area (Å²) >= 11 is 1.53. The first-order chi connectivity index (χ1) is 15.0. The van der Waals surface area contributed by atoms with E-state index in [1.165, 1.54) is 11.8 Å². The Balaban J connectivity index is 1.72. The number of nitrogens with one attached hydrogen (secondary N) is 1. The number of hydrogen-bond acceptors (Lipinski definition) is 5. The minimum absolute atomic E-state index is 0.0316. The molecular weight excluding hydrogens is 410 g/mol. The van der Waals surface area contributed by atoms with E-state index in [2.05, 4.69) is 17.4 Å². The summed E-state index contributed by atoms with van der Waals surface area (Å²) in [6.45, 7) is 5.06. The first-order valence-electron chi connectivity index (χ1n) is 10.6. The third-order valence-electron chi connectivity index (χ3n) is 5.22. The van der Waals surface area contributed by atoms with Crippen LogP contribution in [0.5, 0.6) is 0 Å². The predicted molar refractivity (Wildman–Crippen MR) is 124 cm³/mol. The summed E-state index contributed by atoms with van der Waals surface area (Å²) in [7, 11) is 0. The summed E-state index contributed by atoms with van der Waals surface area (Å²) in [5.41, 5.74) is 2.12. The van der Waals surface area contributed by atoms with Gasteiger partial charge in [0, 0.05) is 24.0 Å². The van der Waals surface area contributed by atoms with Gasteiger partial charge in [0.1, 0.15) is 0 Å². The number of carbonyl (C=O) groups excluding carboxylic acids is 1. The smallest absolute Gasteiger partial charge is 0.262 e. The Morgan fingerprint density at radius 1 is 1.26 bits per heavy atom. The molecule has 4 rings (SSSR count). The quantitative estimate of drug-likeness (QED) is 0.447. The lowest BCUT2D eigenvalue weighted by Gasteiger charge is -2.17. The molecule has 6 nitrogen and oxygen atoms in total. The van der Waals surface area contributed by atoms with Crippen LogP contribution in [-0.4, -0.2) is 34.2 Å². The predicted octanol–water partition coefficient (Wildman–Crippen LogP) is 4.01. The van der Waals surface area contributed by atoms with Crippen molar-refractivity contribution in [3.8, 4) is 0 Å². The molecule has 31 heavy (non-hydrogen) atoms. The number of benzene rings is 2. The summed E-state index contributed by atoms with van der Waals surface area (Å²) in [6.07, 6.45) is 1.99. The number of hydrogen-bond donors (Lipinski definition) is 1. The minimum atomic E-state index is -0.166. The molecule has 1 saturated heterocycles. The van der Waals surface area contributed by atoms with Crippen molar-refractivity contribution in [2.24, 2.45) is 0 Å². The van der Waals surface area contributed by atoms with Crippen molar-refractivity contribution < 1.29 is 9.53 Å². The first-order valence-corrected chi connectivity index (χ1v) is 11.6. The third-order valence-corrected chi connectivity index (χ3v) is 6.27. The molecular formula is C24H27N3O3S. The molecule has 7 heteroatoms. The topological polar surface area (TPSA) is 73.2 Å². The van der Waals surface area contributed by atoms with Crippen molar-refractivity contribution in [3.63, 3.8) is 0 Å². The van der Waals surface area contributed by atoms with Gasteiger partial charge < -0.3 is 10.1 Å². The number of aromatic nitrogens is 2. The first kappa shape index (κ1) is 21.6. The molecule has 0 aliphatic carbocycles. The molecule has 1 atom stereocenters. The zero-order valence-corrected chi connectivity index (χ0v) is 18.7. The van der Waals surface area contributed by atoms with Crippen LogP contribution >= 0.6 is 11.8 Å². The van der Waals surface area contributed by atoms with Crippen LogP contribution in [0, 0.1) is 0 Å². The number of amides is 1. The summed E-state index contributed by atoms with van der Waals surface area (Å²) in [5.74, 6) is 0.540. The number of ether oxygens (including phenoxy) is 1. The highest BCUT2D eigenvalue weighted by Gasteiger charge is 2.21. The van der Waals surface area contributed by atoms with E-state index in [9.17, 15) is 9.59 Å². The van der Waals surface area contributed by atoms with E-state index in [0.29, 0.717) is 33.9 Å². The lowest BCUT2D eigenvalue weighted by atomic mass is 10.1. The van der Waals surface area contributed by atoms with Gasteiger partial charge in [0.15, 0.2) is 5.16 Å². The van der Waals surface area contributed by atoms with Crippen LogP contribution in [0.4, 0.5) is 0 Å². The van der Waals surface area contributed by atoms with Gasteiger partial charge in [-0.2, -0.15) is 0 Å². The molecule has 1 aliphatic heterocycles. The van der Waals surface area contributed by atoms with Crippen LogP contribution in [0.3, 0.4) is 0 Å². The zero-order valence-electron chi connectivity index (χ0n) is 17.8. The highest BCUT2D eigenvalue weighted by Crippen LogP contribution is 2.24. The van der Waals surface area contributed by atoms with E-state index in [-0.39, 0.29) is 23.6 Å². The molecule has 162 valence electrons. The second-order valence-corrected chi connectivity index (χ2v) is 9.02. The maximum absolute atomic E-state index is 13.4. The van der Waals surface area contributed by atoms with Gasteiger partial charge in [-0.3, -0.25) is 14.2 Å². The monoisotopic (exact) mass is 437 g/mol. The highest BCUT2D eigenvalue weighted by atomic mass is 32.2. The normalized spacial score (nSPS) is 16.2. The summed E-state index contributed by atoms with van der Waals surface area (Å²) < 4.78 is 7.52. The van der Waals surface area contributed by atoms with Crippen LogP contribution in [0.15, 0.2) is 58.5 Å². The van der Waals surface area contributed by atoms with Crippen molar-refractivity contribution in [2.75, 3.05) is 6.61 Å². The molecule has 1 fully saturated rings. The van der Waals surface area contributed by atoms with E-state index in [0.717, 1.165) is 25.0 Å². The molecule has 3 aromatic rings. The van der Waals surface area contributed by atoms with Gasteiger partial charge in [-0.1, -0.05) is 42.1 Å². The van der Waals surface area contributed by atoms with E-state index in [1.807, 2.05) is 32.0 Å². The van der Waals surface area contributed by atoms with Crippen molar-refractivity contribution in [3.05, 3.63) is 70.0 Å². The summed E-state index contributed by atoms with van der Waals surface area (Å²) in [4.78, 5) is 30.6. The molecule has 0 unspecified atom stereocenters. The number of carbonyl (C=O) groups is 1. The van der Waals surface area contributed by atoms with Gasteiger partial charge in [-0.25, -0.2) is 4.98 Å². The van der Waals surface area contributed by atoms with Crippen LogP contribution in [0.1, 0.15) is 42.6 Å². The fourth-order valence-corrected chi connectivity index (χ4v) is 4.64. The number of rotatable bonds is 7. The summed E-state index contributed by atoms with van der Waals surface area (Å²) in [5, 5.41) is 4.06. The number of nitrogens with zero attached hydrogens (tertiary/aromatic N) is 2. The van der Waals surface area contributed by atoms with Gasteiger partial charge in [0.2, 0.25) is 0 Å². The fraction of sp³-hybridized carbons (Fsp3) is 0.375. The van der Waals surface area contributed by atoms with Gasteiger partial charge >= 0.3 is 0 Å². The molecule has 1 aromatic heterocycles. The second-order valence-electron chi connectivity index (χ2n) is 8.08. The standard InChI is InChI=1S/C24H27N3O3S/c1-16(2)25-22(28)18-10-11-20-21(13-18)26-24(31-15-17-7-4-3-5-8-17)27(23(20)29)14-19-9-6-12-30-19/h3-5,7-8,10-11,13,16,19H,6,9,12,14-15H2,1-2H3,(H,25,28)/t19-/m1/s1. The fourth-order valence-electron chi connectivity index (χ4n) is 3.67. The molecule has 2 heterocycles. The third kappa shape index (κ3) is 5.17. The van der Waals surface area contributed by atoms with Gasteiger partial charge in [0.25, 0.3) is 11.5 Å². The molecule has 1 aliphatic rings. The second kappa shape index (κ2) is 9.66. The maximum Gasteiger partial charge on any atom is 0.262 e. The minimum Gasteiger partial charge on any atom is -0.376 e. The van der Waals surface area contributed by atoms with Gasteiger partial charge in [0.05, 0.1) is 23.6 Å². The van der Waals surface area contributed by atoms with Crippen LogP contribution < -0.4 is 10.9 Å². The lowest BCUT2D eigenvalue weighted by molar-refractivity contribution is 0.0937. The average Bonchev–Trinajstić information content (AvgIpc) is 3.27. The molecule has 1 amide bonds. The maximum atomic E-state index is 13.4. The number of thioether (sulfide) groups is 1. The van der Waals surface area contributed by atoms with E-state index in [1.54, 1.807) is 22.8 Å². The van der Waals surface area contributed by atoms with Crippen molar-refractivity contribution in [1.29, 1.82) is 0 Å².